The van der Waals surface area contributed by atoms with E-state index in [-0.39, 0.29) is 0 Å². The van der Waals surface area contributed by atoms with Gasteiger partial charge in [-0.1, -0.05) is 39.3 Å². The molecule has 0 amide bonds. The van der Waals surface area contributed by atoms with Crippen molar-refractivity contribution in [1.82, 2.24) is 5.32 Å². The number of ether oxygens (including phenoxy) is 1. The highest BCUT2D eigenvalue weighted by molar-refractivity contribution is 5.30. The van der Waals surface area contributed by atoms with Crippen molar-refractivity contribution in [3.05, 3.63) is 29.8 Å². The van der Waals surface area contributed by atoms with Gasteiger partial charge in [-0.15, -0.1) is 0 Å². The molecule has 1 N–H and O–H groups in total. The third-order valence-electron chi connectivity index (χ3n) is 2.71. The number of benzene rings is 1. The molecule has 0 unspecified atom stereocenters. The van der Waals surface area contributed by atoms with Gasteiger partial charge in [-0.25, -0.2) is 0 Å². The molecule has 1 aromatic carbocycles. The van der Waals surface area contributed by atoms with E-state index in [0.717, 1.165) is 18.8 Å². The summed E-state index contributed by atoms with van der Waals surface area (Å²) in [4.78, 5) is 0. The summed E-state index contributed by atoms with van der Waals surface area (Å²) in [6.07, 6.45) is 2.29. The maximum atomic E-state index is 5.71. The zero-order chi connectivity index (χ0) is 12.7. The van der Waals surface area contributed by atoms with Gasteiger partial charge in [0.2, 0.25) is 0 Å². The standard InChI is InChI=1S/C15H25NO/c1-5-6-10-17-15-9-7-8-14(11-15)13(4)16-12(2)3/h7-9,11-13,16H,5-6,10H2,1-4H3/t13-/m1/s1. The van der Waals surface area contributed by atoms with Crippen LogP contribution in [0.1, 0.15) is 52.1 Å². The van der Waals surface area contributed by atoms with Gasteiger partial charge in [-0.2, -0.15) is 0 Å². The summed E-state index contributed by atoms with van der Waals surface area (Å²) in [7, 11) is 0. The molecule has 0 saturated carbocycles. The minimum atomic E-state index is 0.365. The Morgan fingerprint density at radius 2 is 2.00 bits per heavy atom. The van der Waals surface area contributed by atoms with Gasteiger partial charge in [0.05, 0.1) is 6.61 Å². The number of hydrogen-bond acceptors (Lipinski definition) is 2. The van der Waals surface area contributed by atoms with Crippen LogP contribution in [0.3, 0.4) is 0 Å². The molecule has 1 aromatic rings. The van der Waals surface area contributed by atoms with Crippen LogP contribution < -0.4 is 10.1 Å². The quantitative estimate of drug-likeness (QED) is 0.723. The second kappa shape index (κ2) is 7.33. The smallest absolute Gasteiger partial charge is 0.119 e. The maximum Gasteiger partial charge on any atom is 0.119 e. The molecular formula is C15H25NO. The molecule has 0 spiro atoms. The molecule has 0 saturated heterocycles. The Kier molecular flexibility index (Phi) is 6.06. The largest absolute Gasteiger partial charge is 0.494 e. The Morgan fingerprint density at radius 3 is 2.65 bits per heavy atom. The van der Waals surface area contributed by atoms with Crippen LogP contribution >= 0.6 is 0 Å². The average molecular weight is 235 g/mol. The zero-order valence-corrected chi connectivity index (χ0v) is 11.5. The lowest BCUT2D eigenvalue weighted by molar-refractivity contribution is 0.308. The van der Waals surface area contributed by atoms with Gasteiger partial charge in [0.25, 0.3) is 0 Å². The van der Waals surface area contributed by atoms with Crippen molar-refractivity contribution in [3.63, 3.8) is 0 Å². The van der Waals surface area contributed by atoms with Crippen molar-refractivity contribution in [2.24, 2.45) is 0 Å². The first-order valence-corrected chi connectivity index (χ1v) is 6.62. The SMILES string of the molecule is CCCCOc1cccc([C@@H](C)NC(C)C)c1. The summed E-state index contributed by atoms with van der Waals surface area (Å²) in [6.45, 7) is 9.50. The van der Waals surface area contributed by atoms with Crippen LogP contribution in [-0.2, 0) is 0 Å². The Balaban J connectivity index is 2.58. The van der Waals surface area contributed by atoms with Crippen LogP contribution in [0.25, 0.3) is 0 Å². The van der Waals surface area contributed by atoms with Gasteiger partial charge in [-0.05, 0) is 31.0 Å². The van der Waals surface area contributed by atoms with Gasteiger partial charge in [-0.3, -0.25) is 0 Å². The van der Waals surface area contributed by atoms with Crippen molar-refractivity contribution in [2.45, 2.75) is 52.6 Å². The van der Waals surface area contributed by atoms with Gasteiger partial charge < -0.3 is 10.1 Å². The summed E-state index contributed by atoms with van der Waals surface area (Å²) >= 11 is 0. The van der Waals surface area contributed by atoms with E-state index < -0.39 is 0 Å². The number of unbranched alkanes of at least 4 members (excludes halogenated alkanes) is 1. The molecule has 2 nitrogen and oxygen atoms in total. The van der Waals surface area contributed by atoms with Crippen LogP contribution in [0, 0.1) is 0 Å². The highest BCUT2D eigenvalue weighted by Gasteiger charge is 2.07. The van der Waals surface area contributed by atoms with Crippen molar-refractivity contribution in [2.75, 3.05) is 6.61 Å². The van der Waals surface area contributed by atoms with Crippen LogP contribution in [0.4, 0.5) is 0 Å². The molecule has 0 aliphatic carbocycles. The first kappa shape index (κ1) is 14.0. The lowest BCUT2D eigenvalue weighted by Crippen LogP contribution is -2.25. The van der Waals surface area contributed by atoms with E-state index in [1.807, 2.05) is 6.07 Å². The fourth-order valence-electron chi connectivity index (χ4n) is 1.80. The number of rotatable bonds is 7. The van der Waals surface area contributed by atoms with Crippen molar-refractivity contribution < 1.29 is 4.74 Å². The second-order valence-corrected chi connectivity index (χ2v) is 4.82. The molecule has 1 atom stereocenters. The van der Waals surface area contributed by atoms with Crippen LogP contribution in [0.5, 0.6) is 5.75 Å². The predicted octanol–water partition coefficient (Wildman–Crippen LogP) is 3.92. The molecule has 0 aliphatic rings. The third-order valence-corrected chi connectivity index (χ3v) is 2.71. The molecular weight excluding hydrogens is 210 g/mol. The van der Waals surface area contributed by atoms with Gasteiger partial charge in [0.1, 0.15) is 5.75 Å². The Bertz CT molecular complexity index is 322. The Labute approximate surface area is 105 Å². The minimum absolute atomic E-state index is 0.365. The maximum absolute atomic E-state index is 5.71. The van der Waals surface area contributed by atoms with Crippen LogP contribution in [0.2, 0.25) is 0 Å². The molecule has 0 fully saturated rings. The fourth-order valence-corrected chi connectivity index (χ4v) is 1.80. The normalized spacial score (nSPS) is 12.8. The Morgan fingerprint density at radius 1 is 1.24 bits per heavy atom. The van der Waals surface area contributed by atoms with E-state index in [4.69, 9.17) is 4.74 Å². The molecule has 0 bridgehead atoms. The summed E-state index contributed by atoms with van der Waals surface area (Å²) < 4.78 is 5.71. The summed E-state index contributed by atoms with van der Waals surface area (Å²) in [5, 5.41) is 3.50. The first-order chi connectivity index (χ1) is 8.13. The average Bonchev–Trinajstić information content (AvgIpc) is 2.29. The van der Waals surface area contributed by atoms with E-state index in [1.165, 1.54) is 12.0 Å². The highest BCUT2D eigenvalue weighted by Crippen LogP contribution is 2.19. The fraction of sp³-hybridized carbons (Fsp3) is 0.600. The lowest BCUT2D eigenvalue weighted by atomic mass is 10.1. The summed E-state index contributed by atoms with van der Waals surface area (Å²) in [5.74, 6) is 0.980. The molecule has 96 valence electrons. The second-order valence-electron chi connectivity index (χ2n) is 4.82. The van der Waals surface area contributed by atoms with Gasteiger partial charge >= 0.3 is 0 Å². The van der Waals surface area contributed by atoms with Crippen molar-refractivity contribution >= 4 is 0 Å². The first-order valence-electron chi connectivity index (χ1n) is 6.62. The van der Waals surface area contributed by atoms with Gasteiger partial charge in [0.15, 0.2) is 0 Å². The predicted molar refractivity (Wildman–Crippen MR) is 73.5 cm³/mol. The number of nitrogens with one attached hydrogen (secondary N) is 1. The summed E-state index contributed by atoms with van der Waals surface area (Å²) in [6, 6.07) is 9.23. The van der Waals surface area contributed by atoms with Crippen LogP contribution in [-0.4, -0.2) is 12.6 Å². The van der Waals surface area contributed by atoms with E-state index in [0.29, 0.717) is 12.1 Å². The van der Waals surface area contributed by atoms with E-state index in [1.54, 1.807) is 0 Å². The molecule has 0 radical (unpaired) electrons. The van der Waals surface area contributed by atoms with E-state index in [2.05, 4.69) is 51.2 Å². The summed E-state index contributed by atoms with van der Waals surface area (Å²) in [5.41, 5.74) is 1.28. The van der Waals surface area contributed by atoms with Crippen LogP contribution in [0.15, 0.2) is 24.3 Å². The minimum Gasteiger partial charge on any atom is -0.494 e. The molecule has 0 aliphatic heterocycles. The van der Waals surface area contributed by atoms with Crippen molar-refractivity contribution in [3.8, 4) is 5.75 Å². The molecule has 0 aromatic heterocycles. The van der Waals surface area contributed by atoms with E-state index >= 15 is 0 Å². The molecule has 1 rings (SSSR count). The molecule has 0 heterocycles. The zero-order valence-electron chi connectivity index (χ0n) is 11.5. The third kappa shape index (κ3) is 5.22. The van der Waals surface area contributed by atoms with E-state index in [9.17, 15) is 0 Å². The molecule has 2 heteroatoms. The monoisotopic (exact) mass is 235 g/mol. The van der Waals surface area contributed by atoms with Crippen molar-refractivity contribution in [1.29, 1.82) is 0 Å². The highest BCUT2D eigenvalue weighted by atomic mass is 16.5. The Hall–Kier alpha value is -1.02. The molecule has 17 heavy (non-hydrogen) atoms. The van der Waals surface area contributed by atoms with Gasteiger partial charge in [0, 0.05) is 12.1 Å². The topological polar surface area (TPSA) is 21.3 Å². The number of hydrogen-bond donors (Lipinski definition) is 1. The lowest BCUT2D eigenvalue weighted by Gasteiger charge is -2.18.